The molecule has 0 aromatic rings. The van der Waals surface area contributed by atoms with Crippen molar-refractivity contribution in [2.45, 2.75) is 24.1 Å². The highest BCUT2D eigenvalue weighted by Gasteiger charge is 2.42. The highest BCUT2D eigenvalue weighted by Crippen LogP contribution is 2.20. The summed E-state index contributed by atoms with van der Waals surface area (Å²) in [7, 11) is -3.22. The molecule has 17 heavy (non-hydrogen) atoms. The number of halogens is 2. The number of nitrogens with one attached hydrogen (secondary N) is 1. The van der Waals surface area contributed by atoms with Crippen LogP contribution in [-0.4, -0.2) is 50.9 Å². The van der Waals surface area contributed by atoms with Gasteiger partial charge in [0.25, 0.3) is 6.43 Å². The molecule has 1 amide bonds. The average Bonchev–Trinajstić information content (AvgIpc) is 2.33. The Morgan fingerprint density at radius 2 is 2.12 bits per heavy atom. The lowest BCUT2D eigenvalue weighted by Gasteiger charge is -2.13. The minimum atomic E-state index is -4.23. The Bertz CT molecular complexity index is 422. The Labute approximate surface area is 96.2 Å². The van der Waals surface area contributed by atoms with Gasteiger partial charge in [0.2, 0.25) is 5.91 Å². The van der Waals surface area contributed by atoms with Crippen LogP contribution < -0.4 is 5.32 Å². The minimum absolute atomic E-state index is 0.854. The summed E-state index contributed by atoms with van der Waals surface area (Å²) >= 11 is 0. The number of ether oxygens (including phenoxy) is 1. The molecule has 1 N–H and O–H groups in total. The number of esters is 1. The van der Waals surface area contributed by atoms with E-state index in [-0.39, 0.29) is 0 Å². The third kappa shape index (κ3) is 3.11. The zero-order valence-electron chi connectivity index (χ0n) is 8.85. The van der Waals surface area contributed by atoms with Gasteiger partial charge < -0.3 is 10.1 Å². The van der Waals surface area contributed by atoms with Crippen molar-refractivity contribution in [2.75, 3.05) is 12.9 Å². The normalized spacial score (nSPS) is 28.4. The lowest BCUT2D eigenvalue weighted by molar-refractivity contribution is -0.144. The fourth-order valence-electron chi connectivity index (χ4n) is 1.48. The molecular formula is C8H11F2NO5S. The fourth-order valence-corrected chi connectivity index (χ4v) is 3.13. The van der Waals surface area contributed by atoms with Gasteiger partial charge in [0.1, 0.15) is 11.3 Å². The summed E-state index contributed by atoms with van der Waals surface area (Å²) in [5, 5.41) is -0.0280. The van der Waals surface area contributed by atoms with Crippen molar-refractivity contribution >= 4 is 21.7 Å². The van der Waals surface area contributed by atoms with Crippen molar-refractivity contribution in [3.8, 4) is 0 Å². The Morgan fingerprint density at radius 3 is 2.59 bits per heavy atom. The number of alkyl halides is 2. The summed E-state index contributed by atoms with van der Waals surface area (Å²) in [6, 6.07) is -1.43. The quantitative estimate of drug-likeness (QED) is 0.657. The molecule has 0 unspecified atom stereocenters. The van der Waals surface area contributed by atoms with Gasteiger partial charge in [-0.3, -0.25) is 4.79 Å². The molecule has 0 saturated carbocycles. The van der Waals surface area contributed by atoms with E-state index in [0.717, 1.165) is 7.11 Å². The van der Waals surface area contributed by atoms with Gasteiger partial charge in [-0.05, 0) is 0 Å². The zero-order valence-corrected chi connectivity index (χ0v) is 9.67. The Morgan fingerprint density at radius 1 is 1.53 bits per heavy atom. The van der Waals surface area contributed by atoms with Gasteiger partial charge in [-0.15, -0.1) is 0 Å². The number of hydrogen-bond acceptors (Lipinski definition) is 5. The van der Waals surface area contributed by atoms with E-state index in [1.807, 2.05) is 5.32 Å². The lowest BCUT2D eigenvalue weighted by atomic mass is 10.2. The zero-order chi connectivity index (χ0) is 13.2. The summed E-state index contributed by atoms with van der Waals surface area (Å²) < 4.78 is 52.4. The Kier molecular flexibility index (Phi) is 4.02. The summed E-state index contributed by atoms with van der Waals surface area (Å²) in [6.45, 7) is 0. The maximum Gasteiger partial charge on any atom is 0.329 e. The number of carbonyl (C=O) groups is 2. The Hall–Kier alpha value is -1.25. The van der Waals surface area contributed by atoms with E-state index in [9.17, 15) is 26.8 Å². The van der Waals surface area contributed by atoms with Gasteiger partial charge in [0.05, 0.1) is 12.9 Å². The molecule has 1 aliphatic rings. The SMILES string of the molecule is COC(=O)[C@H]1CS(=O)(=O)[C@H](C(F)F)CC(=O)N1. The van der Waals surface area contributed by atoms with Crippen LogP contribution in [0.5, 0.6) is 0 Å². The lowest BCUT2D eigenvalue weighted by Crippen LogP contribution is -2.43. The first-order chi connectivity index (χ1) is 7.77. The van der Waals surface area contributed by atoms with E-state index < -0.39 is 51.6 Å². The van der Waals surface area contributed by atoms with Crippen LogP contribution in [0.1, 0.15) is 6.42 Å². The van der Waals surface area contributed by atoms with Gasteiger partial charge >= 0.3 is 5.97 Å². The molecule has 1 fully saturated rings. The average molecular weight is 271 g/mol. The molecule has 0 spiro atoms. The maximum absolute atomic E-state index is 12.5. The molecule has 6 nitrogen and oxygen atoms in total. The molecular weight excluding hydrogens is 260 g/mol. The third-order valence-electron chi connectivity index (χ3n) is 2.35. The number of amides is 1. The van der Waals surface area contributed by atoms with Crippen LogP contribution in [0.2, 0.25) is 0 Å². The highest BCUT2D eigenvalue weighted by atomic mass is 32.2. The predicted octanol–water partition coefficient (Wildman–Crippen LogP) is -0.904. The molecule has 9 heteroatoms. The number of rotatable bonds is 2. The van der Waals surface area contributed by atoms with Crippen molar-refractivity contribution in [1.82, 2.24) is 5.32 Å². The first kappa shape index (κ1) is 13.8. The fraction of sp³-hybridized carbons (Fsp3) is 0.750. The standard InChI is InChI=1S/C8H11F2NO5S/c1-16-8(13)4-3-17(14,15)5(7(9)10)2-6(12)11-4/h4-5,7H,2-3H2,1H3,(H,11,12)/t4-,5+/m1/s1. The second-order valence-corrected chi connectivity index (χ2v) is 5.81. The number of hydrogen-bond donors (Lipinski definition) is 1. The molecule has 1 heterocycles. The molecule has 2 atom stereocenters. The van der Waals surface area contributed by atoms with Crippen LogP contribution in [-0.2, 0) is 24.2 Å². The van der Waals surface area contributed by atoms with Crippen molar-refractivity contribution in [3.05, 3.63) is 0 Å². The summed E-state index contributed by atoms with van der Waals surface area (Å²) in [4.78, 5) is 22.3. The number of methoxy groups -OCH3 is 1. The Balaban J connectivity index is 3.03. The second kappa shape index (κ2) is 4.94. The maximum atomic E-state index is 12.5. The van der Waals surface area contributed by atoms with E-state index in [0.29, 0.717) is 0 Å². The van der Waals surface area contributed by atoms with Crippen LogP contribution >= 0.6 is 0 Å². The topological polar surface area (TPSA) is 89.5 Å². The van der Waals surface area contributed by atoms with Gasteiger partial charge in [-0.2, -0.15) is 0 Å². The van der Waals surface area contributed by atoms with Crippen LogP contribution in [0.4, 0.5) is 8.78 Å². The van der Waals surface area contributed by atoms with E-state index >= 15 is 0 Å². The summed E-state index contributed by atoms with van der Waals surface area (Å²) in [6.07, 6.45) is -4.02. The van der Waals surface area contributed by atoms with E-state index in [1.165, 1.54) is 0 Å². The monoisotopic (exact) mass is 271 g/mol. The largest absolute Gasteiger partial charge is 0.467 e. The summed E-state index contributed by atoms with van der Waals surface area (Å²) in [5.74, 6) is -2.76. The first-order valence-electron chi connectivity index (χ1n) is 4.65. The predicted molar refractivity (Wildman–Crippen MR) is 52.1 cm³/mol. The highest BCUT2D eigenvalue weighted by molar-refractivity contribution is 7.92. The number of carbonyl (C=O) groups excluding carboxylic acids is 2. The van der Waals surface area contributed by atoms with Gasteiger partial charge in [-0.25, -0.2) is 22.0 Å². The van der Waals surface area contributed by atoms with Crippen molar-refractivity contribution in [2.24, 2.45) is 0 Å². The molecule has 0 aromatic carbocycles. The molecule has 1 rings (SSSR count). The van der Waals surface area contributed by atoms with Crippen LogP contribution in [0.15, 0.2) is 0 Å². The van der Waals surface area contributed by atoms with E-state index in [4.69, 9.17) is 0 Å². The van der Waals surface area contributed by atoms with Crippen LogP contribution in [0.25, 0.3) is 0 Å². The molecule has 0 aromatic heterocycles. The summed E-state index contributed by atoms with van der Waals surface area (Å²) in [5.41, 5.74) is 0. The molecule has 0 bridgehead atoms. The minimum Gasteiger partial charge on any atom is -0.467 e. The van der Waals surface area contributed by atoms with E-state index in [1.54, 1.807) is 0 Å². The van der Waals surface area contributed by atoms with Gasteiger partial charge in [0, 0.05) is 6.42 Å². The van der Waals surface area contributed by atoms with Crippen molar-refractivity contribution < 1.29 is 31.5 Å². The molecule has 0 radical (unpaired) electrons. The second-order valence-electron chi connectivity index (χ2n) is 3.55. The molecule has 1 aliphatic heterocycles. The van der Waals surface area contributed by atoms with Crippen molar-refractivity contribution in [3.63, 3.8) is 0 Å². The van der Waals surface area contributed by atoms with Gasteiger partial charge in [-0.1, -0.05) is 0 Å². The number of sulfone groups is 1. The smallest absolute Gasteiger partial charge is 0.329 e. The molecule has 98 valence electrons. The van der Waals surface area contributed by atoms with Crippen LogP contribution in [0.3, 0.4) is 0 Å². The van der Waals surface area contributed by atoms with Gasteiger partial charge in [0.15, 0.2) is 9.84 Å². The third-order valence-corrected chi connectivity index (χ3v) is 4.44. The molecule has 0 aliphatic carbocycles. The molecule has 1 saturated heterocycles. The van der Waals surface area contributed by atoms with E-state index in [2.05, 4.69) is 4.74 Å². The van der Waals surface area contributed by atoms with Crippen LogP contribution in [0, 0.1) is 0 Å². The van der Waals surface area contributed by atoms with Crippen molar-refractivity contribution in [1.29, 1.82) is 0 Å². The first-order valence-corrected chi connectivity index (χ1v) is 6.36.